The Bertz CT molecular complexity index is 200. The molecule has 0 aromatic carbocycles. The minimum absolute atomic E-state index is 0.0312. The molecule has 0 aromatic rings. The first-order valence-electron chi connectivity index (χ1n) is 3.21. The first kappa shape index (κ1) is 10.8. The smallest absolute Gasteiger partial charge is 0.208 e. The minimum atomic E-state index is -3.22. The molecule has 68 valence electrons. The van der Waals surface area contributed by atoms with Crippen molar-refractivity contribution in [2.45, 2.75) is 19.1 Å². The van der Waals surface area contributed by atoms with Crippen molar-refractivity contribution in [3.8, 4) is 0 Å². The van der Waals surface area contributed by atoms with Crippen molar-refractivity contribution in [1.82, 2.24) is 4.72 Å². The van der Waals surface area contributed by atoms with E-state index in [4.69, 9.17) is 10.8 Å². The fourth-order valence-electron chi connectivity index (χ4n) is 0.423. The SMILES string of the molecule is C[C@H](N)C(O)CNS(C)(=O)=O. The Kier molecular flexibility index (Phi) is 3.95. The summed E-state index contributed by atoms with van der Waals surface area (Å²) in [6, 6.07) is -0.427. The number of aliphatic hydroxyl groups excluding tert-OH is 1. The predicted molar refractivity (Wildman–Crippen MR) is 42.5 cm³/mol. The van der Waals surface area contributed by atoms with Gasteiger partial charge in [-0.05, 0) is 6.92 Å². The van der Waals surface area contributed by atoms with Crippen LogP contribution in [0.1, 0.15) is 6.92 Å². The maximum atomic E-state index is 10.5. The van der Waals surface area contributed by atoms with Gasteiger partial charge in [-0.15, -0.1) is 0 Å². The number of rotatable bonds is 4. The van der Waals surface area contributed by atoms with E-state index in [-0.39, 0.29) is 6.54 Å². The van der Waals surface area contributed by atoms with E-state index in [1.807, 2.05) is 0 Å². The summed E-state index contributed by atoms with van der Waals surface area (Å²) in [4.78, 5) is 0. The van der Waals surface area contributed by atoms with Crippen LogP contribution in [0.2, 0.25) is 0 Å². The van der Waals surface area contributed by atoms with Crippen molar-refractivity contribution >= 4 is 10.0 Å². The molecule has 0 aromatic heterocycles. The summed E-state index contributed by atoms with van der Waals surface area (Å²) < 4.78 is 23.1. The van der Waals surface area contributed by atoms with Crippen molar-refractivity contribution in [2.75, 3.05) is 12.8 Å². The van der Waals surface area contributed by atoms with E-state index in [2.05, 4.69) is 4.72 Å². The van der Waals surface area contributed by atoms with Gasteiger partial charge in [-0.2, -0.15) is 0 Å². The Hall–Kier alpha value is -0.170. The van der Waals surface area contributed by atoms with Gasteiger partial charge < -0.3 is 10.8 Å². The molecule has 0 rings (SSSR count). The van der Waals surface area contributed by atoms with E-state index < -0.39 is 22.2 Å². The van der Waals surface area contributed by atoms with Gasteiger partial charge in [-0.1, -0.05) is 0 Å². The predicted octanol–water partition coefficient (Wildman–Crippen LogP) is -1.76. The lowest BCUT2D eigenvalue weighted by Crippen LogP contribution is -2.41. The number of sulfonamides is 1. The van der Waals surface area contributed by atoms with Crippen LogP contribution in [-0.4, -0.2) is 38.5 Å². The highest BCUT2D eigenvalue weighted by Gasteiger charge is 2.11. The summed E-state index contributed by atoms with van der Waals surface area (Å²) >= 11 is 0. The Morgan fingerprint density at radius 3 is 2.36 bits per heavy atom. The largest absolute Gasteiger partial charge is 0.390 e. The van der Waals surface area contributed by atoms with Crippen LogP contribution < -0.4 is 10.5 Å². The van der Waals surface area contributed by atoms with Crippen LogP contribution in [0.3, 0.4) is 0 Å². The Labute approximate surface area is 66.6 Å². The fourth-order valence-corrected chi connectivity index (χ4v) is 0.896. The number of hydrogen-bond acceptors (Lipinski definition) is 4. The molecular formula is C5H14N2O3S. The molecule has 0 heterocycles. The van der Waals surface area contributed by atoms with Crippen LogP contribution >= 0.6 is 0 Å². The zero-order chi connectivity index (χ0) is 9.07. The molecule has 0 radical (unpaired) electrons. The highest BCUT2D eigenvalue weighted by atomic mass is 32.2. The molecule has 0 aliphatic heterocycles. The Balaban J connectivity index is 3.72. The van der Waals surface area contributed by atoms with Gasteiger partial charge in [0.2, 0.25) is 10.0 Å². The van der Waals surface area contributed by atoms with Crippen molar-refractivity contribution in [3.05, 3.63) is 0 Å². The standard InChI is InChI=1S/C5H14N2O3S/c1-4(6)5(8)3-7-11(2,9)10/h4-5,7-8H,3,6H2,1-2H3/t4-,5?/m0/s1. The Morgan fingerprint density at radius 1 is 1.64 bits per heavy atom. The van der Waals surface area contributed by atoms with Gasteiger partial charge in [0.1, 0.15) is 0 Å². The van der Waals surface area contributed by atoms with Crippen LogP contribution in [-0.2, 0) is 10.0 Å². The molecule has 6 heteroatoms. The second-order valence-corrected chi connectivity index (χ2v) is 4.38. The van der Waals surface area contributed by atoms with Crippen LogP contribution in [0.25, 0.3) is 0 Å². The Morgan fingerprint density at radius 2 is 2.09 bits per heavy atom. The van der Waals surface area contributed by atoms with E-state index in [0.717, 1.165) is 6.26 Å². The van der Waals surface area contributed by atoms with E-state index in [1.54, 1.807) is 6.92 Å². The average molecular weight is 182 g/mol. The lowest BCUT2D eigenvalue weighted by atomic mass is 10.2. The van der Waals surface area contributed by atoms with Crippen LogP contribution in [0, 0.1) is 0 Å². The molecule has 0 saturated carbocycles. The zero-order valence-electron chi connectivity index (χ0n) is 6.61. The normalized spacial score (nSPS) is 17.8. The molecular weight excluding hydrogens is 168 g/mol. The maximum absolute atomic E-state index is 10.5. The number of nitrogens with two attached hydrogens (primary N) is 1. The minimum Gasteiger partial charge on any atom is -0.390 e. The molecule has 0 fully saturated rings. The summed E-state index contributed by atoms with van der Waals surface area (Å²) in [7, 11) is -3.22. The van der Waals surface area contributed by atoms with Crippen molar-refractivity contribution in [1.29, 1.82) is 0 Å². The van der Waals surface area contributed by atoms with E-state index in [9.17, 15) is 8.42 Å². The first-order valence-corrected chi connectivity index (χ1v) is 5.10. The molecule has 1 unspecified atom stereocenters. The molecule has 0 aliphatic carbocycles. The summed E-state index contributed by atoms with van der Waals surface area (Å²) in [6.07, 6.45) is 0.200. The molecule has 11 heavy (non-hydrogen) atoms. The second kappa shape index (κ2) is 4.01. The maximum Gasteiger partial charge on any atom is 0.208 e. The van der Waals surface area contributed by atoms with Crippen LogP contribution in [0.5, 0.6) is 0 Å². The molecule has 5 nitrogen and oxygen atoms in total. The molecule has 2 atom stereocenters. The van der Waals surface area contributed by atoms with Crippen LogP contribution in [0.15, 0.2) is 0 Å². The van der Waals surface area contributed by atoms with Crippen molar-refractivity contribution in [2.24, 2.45) is 5.73 Å². The third-order valence-corrected chi connectivity index (χ3v) is 1.85. The summed E-state index contributed by atoms with van der Waals surface area (Å²) in [5, 5.41) is 9.04. The van der Waals surface area contributed by atoms with Crippen molar-refractivity contribution < 1.29 is 13.5 Å². The number of nitrogens with one attached hydrogen (secondary N) is 1. The van der Waals surface area contributed by atoms with Gasteiger partial charge in [0.15, 0.2) is 0 Å². The fraction of sp³-hybridized carbons (Fsp3) is 1.00. The summed E-state index contributed by atoms with van der Waals surface area (Å²) in [5.74, 6) is 0. The summed E-state index contributed by atoms with van der Waals surface area (Å²) in [5.41, 5.74) is 5.28. The number of hydrogen-bond donors (Lipinski definition) is 3. The van der Waals surface area contributed by atoms with E-state index in [1.165, 1.54) is 0 Å². The zero-order valence-corrected chi connectivity index (χ0v) is 7.43. The molecule has 4 N–H and O–H groups in total. The average Bonchev–Trinajstić information content (AvgIpc) is 1.80. The topological polar surface area (TPSA) is 92.4 Å². The first-order chi connectivity index (χ1) is 4.83. The lowest BCUT2D eigenvalue weighted by Gasteiger charge is -2.13. The molecule has 0 saturated heterocycles. The molecule has 0 amide bonds. The van der Waals surface area contributed by atoms with E-state index >= 15 is 0 Å². The van der Waals surface area contributed by atoms with Crippen molar-refractivity contribution in [3.63, 3.8) is 0 Å². The third-order valence-electron chi connectivity index (χ3n) is 1.16. The highest BCUT2D eigenvalue weighted by Crippen LogP contribution is 1.87. The second-order valence-electron chi connectivity index (χ2n) is 2.55. The van der Waals surface area contributed by atoms with E-state index in [0.29, 0.717) is 0 Å². The highest BCUT2D eigenvalue weighted by molar-refractivity contribution is 7.88. The van der Waals surface area contributed by atoms with Gasteiger partial charge in [-0.3, -0.25) is 0 Å². The molecule has 0 spiro atoms. The molecule has 0 aliphatic rings. The van der Waals surface area contributed by atoms with Crippen LogP contribution in [0.4, 0.5) is 0 Å². The molecule has 0 bridgehead atoms. The van der Waals surface area contributed by atoms with Gasteiger partial charge in [0.25, 0.3) is 0 Å². The number of aliphatic hydroxyl groups is 1. The van der Waals surface area contributed by atoms with Gasteiger partial charge >= 0.3 is 0 Å². The van der Waals surface area contributed by atoms with Gasteiger partial charge in [0, 0.05) is 12.6 Å². The quantitative estimate of drug-likeness (QED) is 0.480. The van der Waals surface area contributed by atoms with Gasteiger partial charge in [0.05, 0.1) is 12.4 Å². The monoisotopic (exact) mass is 182 g/mol. The summed E-state index contributed by atoms with van der Waals surface area (Å²) in [6.45, 7) is 1.57. The lowest BCUT2D eigenvalue weighted by molar-refractivity contribution is 0.155. The third kappa shape index (κ3) is 6.24. The van der Waals surface area contributed by atoms with Gasteiger partial charge in [-0.25, -0.2) is 13.1 Å².